The lowest BCUT2D eigenvalue weighted by atomic mass is 10.1. The van der Waals surface area contributed by atoms with Crippen LogP contribution in [0.15, 0.2) is 58.3 Å². The summed E-state index contributed by atoms with van der Waals surface area (Å²) in [5.41, 5.74) is 1.66. The van der Waals surface area contributed by atoms with Gasteiger partial charge in [0, 0.05) is 26.2 Å². The molecule has 0 unspecified atom stereocenters. The Hall–Kier alpha value is -1.74. The van der Waals surface area contributed by atoms with Gasteiger partial charge in [-0.15, -0.1) is 0 Å². The molecule has 36 heavy (non-hydrogen) atoms. The second-order valence-electron chi connectivity index (χ2n) is 11.3. The Morgan fingerprint density at radius 1 is 0.472 bits per heavy atom. The molecule has 0 saturated carbocycles. The molecule has 0 heterocycles. The molecule has 0 N–H and O–H groups in total. The van der Waals surface area contributed by atoms with Gasteiger partial charge in [-0.2, -0.15) is 8.61 Å². The topological polar surface area (TPSA) is 74.8 Å². The summed E-state index contributed by atoms with van der Waals surface area (Å²) < 4.78 is 56.2. The summed E-state index contributed by atoms with van der Waals surface area (Å²) in [5, 5.41) is 0. The lowest BCUT2D eigenvalue weighted by Crippen LogP contribution is -2.37. The molecular weight excluding hydrogens is 492 g/mol. The van der Waals surface area contributed by atoms with Crippen molar-refractivity contribution in [1.82, 2.24) is 8.61 Å². The van der Waals surface area contributed by atoms with Crippen LogP contribution < -0.4 is 0 Å². The SMILES string of the molecule is CC(C)CN(CC(C)C)S(=O)(=O)c1ccc(-c2ccc(S(=O)(=O)N(CC(C)C)CC(C)C)cc2)cc1. The Morgan fingerprint density at radius 2 is 0.694 bits per heavy atom. The Kier molecular flexibility index (Phi) is 10.7. The second-order valence-corrected chi connectivity index (χ2v) is 15.1. The number of rotatable bonds is 13. The summed E-state index contributed by atoms with van der Waals surface area (Å²) in [7, 11) is -7.19. The Labute approximate surface area is 219 Å². The standard InChI is InChI=1S/C28H44N2O4S2/c1-21(2)17-29(18-22(3)4)35(31,32)27-13-9-25(10-14-27)26-11-15-28(16-12-26)36(33,34)30(19-23(5)6)20-24(7)8/h9-16,21-24H,17-20H2,1-8H3. The molecule has 0 aromatic heterocycles. The highest BCUT2D eigenvalue weighted by Crippen LogP contribution is 2.26. The summed E-state index contributed by atoms with van der Waals surface area (Å²) in [6.07, 6.45) is 0. The fourth-order valence-electron chi connectivity index (χ4n) is 4.11. The van der Waals surface area contributed by atoms with Gasteiger partial charge < -0.3 is 0 Å². The van der Waals surface area contributed by atoms with Crippen LogP contribution in [0, 0.1) is 23.7 Å². The maximum atomic E-state index is 13.3. The predicted molar refractivity (Wildman–Crippen MR) is 149 cm³/mol. The zero-order valence-electron chi connectivity index (χ0n) is 23.1. The quantitative estimate of drug-likeness (QED) is 0.317. The Bertz CT molecular complexity index is 1050. The van der Waals surface area contributed by atoms with E-state index in [1.165, 1.54) is 0 Å². The maximum Gasteiger partial charge on any atom is 0.243 e. The third-order valence-electron chi connectivity index (χ3n) is 5.59. The van der Waals surface area contributed by atoms with Crippen LogP contribution in [0.4, 0.5) is 0 Å². The number of nitrogens with zero attached hydrogens (tertiary/aromatic N) is 2. The molecule has 0 saturated heterocycles. The fourth-order valence-corrected chi connectivity index (χ4v) is 7.64. The highest BCUT2D eigenvalue weighted by molar-refractivity contribution is 7.89. The van der Waals surface area contributed by atoms with Crippen molar-refractivity contribution in [3.8, 4) is 11.1 Å². The lowest BCUT2D eigenvalue weighted by molar-refractivity contribution is 0.333. The molecule has 0 aliphatic carbocycles. The van der Waals surface area contributed by atoms with Crippen LogP contribution in [-0.4, -0.2) is 51.6 Å². The van der Waals surface area contributed by atoms with Crippen LogP contribution in [0.25, 0.3) is 11.1 Å². The highest BCUT2D eigenvalue weighted by Gasteiger charge is 2.27. The number of hydrogen-bond acceptors (Lipinski definition) is 4. The maximum absolute atomic E-state index is 13.3. The van der Waals surface area contributed by atoms with Gasteiger partial charge in [0.1, 0.15) is 0 Å². The van der Waals surface area contributed by atoms with Crippen LogP contribution in [0.1, 0.15) is 55.4 Å². The molecule has 0 radical (unpaired) electrons. The van der Waals surface area contributed by atoms with E-state index in [0.717, 1.165) is 11.1 Å². The molecule has 202 valence electrons. The normalized spacial score (nSPS) is 13.2. The lowest BCUT2D eigenvalue weighted by Gasteiger charge is -2.26. The van der Waals surface area contributed by atoms with Crippen molar-refractivity contribution in [3.05, 3.63) is 48.5 Å². The van der Waals surface area contributed by atoms with E-state index in [1.54, 1.807) is 57.1 Å². The second kappa shape index (κ2) is 12.7. The van der Waals surface area contributed by atoms with E-state index in [9.17, 15) is 16.8 Å². The van der Waals surface area contributed by atoms with Crippen LogP contribution in [-0.2, 0) is 20.0 Å². The Balaban J connectivity index is 2.30. The Morgan fingerprint density at radius 3 is 0.889 bits per heavy atom. The predicted octanol–water partition coefficient (Wildman–Crippen LogP) is 5.96. The van der Waals surface area contributed by atoms with Gasteiger partial charge in [0.2, 0.25) is 20.0 Å². The molecule has 6 nitrogen and oxygen atoms in total. The van der Waals surface area contributed by atoms with Gasteiger partial charge in [0.05, 0.1) is 9.79 Å². The van der Waals surface area contributed by atoms with Gasteiger partial charge >= 0.3 is 0 Å². The van der Waals surface area contributed by atoms with Gasteiger partial charge in [-0.1, -0.05) is 79.7 Å². The van der Waals surface area contributed by atoms with E-state index >= 15 is 0 Å². The van der Waals surface area contributed by atoms with E-state index in [2.05, 4.69) is 0 Å². The van der Waals surface area contributed by atoms with E-state index in [1.807, 2.05) is 55.4 Å². The first-order valence-corrected chi connectivity index (χ1v) is 15.7. The van der Waals surface area contributed by atoms with Crippen LogP contribution in [0.2, 0.25) is 0 Å². The molecule has 0 spiro atoms. The van der Waals surface area contributed by atoms with Crippen molar-refractivity contribution in [2.45, 2.75) is 65.2 Å². The van der Waals surface area contributed by atoms with Gasteiger partial charge in [-0.05, 0) is 59.1 Å². The first-order valence-electron chi connectivity index (χ1n) is 12.8. The van der Waals surface area contributed by atoms with Gasteiger partial charge in [-0.25, -0.2) is 16.8 Å². The van der Waals surface area contributed by atoms with Gasteiger partial charge in [0.25, 0.3) is 0 Å². The van der Waals surface area contributed by atoms with Crippen molar-refractivity contribution >= 4 is 20.0 Å². The molecule has 8 heteroatoms. The fraction of sp³-hybridized carbons (Fsp3) is 0.571. The first kappa shape index (κ1) is 30.5. The number of sulfonamides is 2. The van der Waals surface area contributed by atoms with E-state index in [4.69, 9.17) is 0 Å². The molecule has 2 aromatic rings. The zero-order valence-corrected chi connectivity index (χ0v) is 24.7. The van der Waals surface area contributed by atoms with Crippen molar-refractivity contribution in [1.29, 1.82) is 0 Å². The summed E-state index contributed by atoms with van der Waals surface area (Å²) in [4.78, 5) is 0.537. The molecule has 0 aliphatic heterocycles. The molecular formula is C28H44N2O4S2. The van der Waals surface area contributed by atoms with Crippen LogP contribution in [0.5, 0.6) is 0 Å². The van der Waals surface area contributed by atoms with E-state index in [0.29, 0.717) is 26.2 Å². The van der Waals surface area contributed by atoms with Gasteiger partial charge in [-0.3, -0.25) is 0 Å². The van der Waals surface area contributed by atoms with Crippen LogP contribution >= 0.6 is 0 Å². The van der Waals surface area contributed by atoms with Crippen molar-refractivity contribution < 1.29 is 16.8 Å². The van der Waals surface area contributed by atoms with Crippen molar-refractivity contribution in [2.75, 3.05) is 26.2 Å². The summed E-state index contributed by atoms with van der Waals surface area (Å²) in [5.74, 6) is 0.906. The summed E-state index contributed by atoms with van der Waals surface area (Å²) in [6, 6.07) is 13.7. The average Bonchev–Trinajstić information content (AvgIpc) is 2.77. The largest absolute Gasteiger partial charge is 0.243 e. The molecule has 0 fully saturated rings. The minimum atomic E-state index is -3.60. The van der Waals surface area contributed by atoms with E-state index < -0.39 is 20.0 Å². The molecule has 0 aliphatic rings. The average molecular weight is 537 g/mol. The van der Waals surface area contributed by atoms with Crippen molar-refractivity contribution in [3.63, 3.8) is 0 Å². The summed E-state index contributed by atoms with van der Waals surface area (Å²) in [6.45, 7) is 18.0. The highest BCUT2D eigenvalue weighted by atomic mass is 32.2. The number of hydrogen-bond donors (Lipinski definition) is 0. The monoisotopic (exact) mass is 536 g/mol. The molecule has 0 bridgehead atoms. The minimum Gasteiger partial charge on any atom is -0.207 e. The van der Waals surface area contributed by atoms with Crippen LogP contribution in [0.3, 0.4) is 0 Å². The van der Waals surface area contributed by atoms with Gasteiger partial charge in [0.15, 0.2) is 0 Å². The minimum absolute atomic E-state index is 0.226. The molecule has 2 aromatic carbocycles. The van der Waals surface area contributed by atoms with Crippen molar-refractivity contribution in [2.24, 2.45) is 23.7 Å². The first-order chi connectivity index (χ1) is 16.6. The third-order valence-corrected chi connectivity index (χ3v) is 9.28. The molecule has 0 amide bonds. The zero-order chi connectivity index (χ0) is 27.3. The molecule has 2 rings (SSSR count). The van der Waals surface area contributed by atoms with E-state index in [-0.39, 0.29) is 33.5 Å². The smallest absolute Gasteiger partial charge is 0.207 e. The summed E-state index contributed by atoms with van der Waals surface area (Å²) >= 11 is 0. The molecule has 0 atom stereocenters. The number of benzene rings is 2. The third kappa shape index (κ3) is 8.13.